The molecule has 0 heterocycles. The van der Waals surface area contributed by atoms with E-state index in [0.717, 1.165) is 4.31 Å². The molecule has 10 heteroatoms. The number of methoxy groups -OCH3 is 2. The summed E-state index contributed by atoms with van der Waals surface area (Å²) in [6.45, 7) is -0.571. The van der Waals surface area contributed by atoms with Crippen LogP contribution in [0.4, 0.5) is 11.4 Å². The summed E-state index contributed by atoms with van der Waals surface area (Å²) in [6.07, 6.45) is 0. The highest BCUT2D eigenvalue weighted by molar-refractivity contribution is 7.92. The quantitative estimate of drug-likeness (QED) is 0.260. The van der Waals surface area contributed by atoms with Gasteiger partial charge in [-0.3, -0.25) is 9.10 Å². The minimum absolute atomic E-state index is 0.00790. The second-order valence-electron chi connectivity index (χ2n) is 7.97. The molecule has 8 nitrogen and oxygen atoms in total. The zero-order chi connectivity index (χ0) is 27.1. The van der Waals surface area contributed by atoms with Gasteiger partial charge in [0, 0.05) is 11.1 Å². The van der Waals surface area contributed by atoms with Crippen LogP contribution in [0.25, 0.3) is 0 Å². The molecule has 0 saturated heterocycles. The average Bonchev–Trinajstić information content (AvgIpc) is 2.94. The molecular formula is C28H25ClN2O6S. The van der Waals surface area contributed by atoms with Crippen molar-refractivity contribution in [2.45, 2.75) is 4.90 Å². The molecule has 0 spiro atoms. The molecule has 0 unspecified atom stereocenters. The minimum atomic E-state index is -4.19. The molecule has 4 rings (SSSR count). The Kier molecular flexibility index (Phi) is 8.40. The Morgan fingerprint density at radius 1 is 0.816 bits per heavy atom. The highest BCUT2D eigenvalue weighted by Gasteiger charge is 2.30. The highest BCUT2D eigenvalue weighted by Crippen LogP contribution is 2.36. The van der Waals surface area contributed by atoms with Crippen LogP contribution < -0.4 is 23.8 Å². The predicted molar refractivity (Wildman–Crippen MR) is 147 cm³/mol. The fraction of sp³-hybridized carbons (Fsp3) is 0.107. The maximum atomic E-state index is 13.8. The van der Waals surface area contributed by atoms with Gasteiger partial charge >= 0.3 is 0 Å². The zero-order valence-corrected chi connectivity index (χ0v) is 22.2. The summed E-state index contributed by atoms with van der Waals surface area (Å²) in [5.41, 5.74) is 0.415. The number of para-hydroxylation sites is 1. The van der Waals surface area contributed by atoms with E-state index >= 15 is 0 Å². The number of rotatable bonds is 10. The molecule has 0 aromatic heterocycles. The van der Waals surface area contributed by atoms with Gasteiger partial charge in [-0.25, -0.2) is 8.42 Å². The van der Waals surface area contributed by atoms with Crippen molar-refractivity contribution in [3.8, 4) is 23.0 Å². The number of sulfonamides is 1. The summed E-state index contributed by atoms with van der Waals surface area (Å²) in [6, 6.07) is 26.3. The van der Waals surface area contributed by atoms with E-state index in [-0.39, 0.29) is 22.0 Å². The Balaban J connectivity index is 1.70. The molecule has 0 aliphatic heterocycles. The number of halogens is 1. The van der Waals surface area contributed by atoms with Crippen LogP contribution >= 0.6 is 11.6 Å². The molecule has 0 bridgehead atoms. The van der Waals surface area contributed by atoms with E-state index < -0.39 is 22.5 Å². The van der Waals surface area contributed by atoms with Crippen molar-refractivity contribution in [2.24, 2.45) is 0 Å². The summed E-state index contributed by atoms with van der Waals surface area (Å²) in [4.78, 5) is 13.4. The molecule has 196 valence electrons. The monoisotopic (exact) mass is 552 g/mol. The van der Waals surface area contributed by atoms with Crippen LogP contribution in [0.15, 0.2) is 102 Å². The van der Waals surface area contributed by atoms with E-state index in [1.165, 1.54) is 38.5 Å². The van der Waals surface area contributed by atoms with E-state index in [1.807, 2.05) is 18.2 Å². The van der Waals surface area contributed by atoms with E-state index in [4.69, 9.17) is 25.8 Å². The Labute approximate surface area is 226 Å². The Hall–Kier alpha value is -4.21. The molecule has 0 fully saturated rings. The summed E-state index contributed by atoms with van der Waals surface area (Å²) in [5, 5.41) is 3.10. The molecule has 0 aliphatic carbocycles. The average molecular weight is 553 g/mol. The number of amides is 1. The predicted octanol–water partition coefficient (Wildman–Crippen LogP) is 5.98. The zero-order valence-electron chi connectivity index (χ0n) is 20.6. The van der Waals surface area contributed by atoms with Gasteiger partial charge in [-0.2, -0.15) is 0 Å². The van der Waals surface area contributed by atoms with Gasteiger partial charge in [-0.05, 0) is 54.6 Å². The van der Waals surface area contributed by atoms with E-state index in [1.54, 1.807) is 54.6 Å². The van der Waals surface area contributed by atoms with Crippen LogP contribution in [-0.2, 0) is 14.8 Å². The number of carbonyl (C=O) groups excluding carboxylic acids is 1. The van der Waals surface area contributed by atoms with Gasteiger partial charge in [-0.1, -0.05) is 48.0 Å². The third-order valence-corrected chi connectivity index (χ3v) is 7.47. The molecule has 0 atom stereocenters. The Morgan fingerprint density at radius 3 is 2.13 bits per heavy atom. The maximum Gasteiger partial charge on any atom is 0.264 e. The molecule has 4 aromatic rings. The number of ether oxygens (including phenoxy) is 3. The standard InChI is InChI=1S/C28H25ClN2O6S/c1-35-22-14-16-27(36-2)25(18-22)31(38(33,34)23-11-7-4-8-12-23)19-28(32)30-24-17-20(29)13-15-26(24)37-21-9-5-3-6-10-21/h3-18H,19H2,1-2H3,(H,30,32). The van der Waals surface area contributed by atoms with Crippen molar-refractivity contribution in [3.05, 3.63) is 102 Å². The van der Waals surface area contributed by atoms with Crippen LogP contribution in [0.3, 0.4) is 0 Å². The summed E-state index contributed by atoms with van der Waals surface area (Å²) < 4.78 is 45.1. The lowest BCUT2D eigenvalue weighted by Gasteiger charge is -2.26. The van der Waals surface area contributed by atoms with Crippen LogP contribution in [0.2, 0.25) is 5.02 Å². The number of hydrogen-bond acceptors (Lipinski definition) is 6. The topological polar surface area (TPSA) is 94.2 Å². The third-order valence-electron chi connectivity index (χ3n) is 5.46. The smallest absolute Gasteiger partial charge is 0.264 e. The van der Waals surface area contributed by atoms with Crippen molar-refractivity contribution in [2.75, 3.05) is 30.4 Å². The van der Waals surface area contributed by atoms with Crippen molar-refractivity contribution in [1.29, 1.82) is 0 Å². The number of carbonyl (C=O) groups is 1. The van der Waals surface area contributed by atoms with Crippen molar-refractivity contribution in [1.82, 2.24) is 0 Å². The number of benzene rings is 4. The molecule has 4 aromatic carbocycles. The fourth-order valence-electron chi connectivity index (χ4n) is 3.64. The highest BCUT2D eigenvalue weighted by atomic mass is 35.5. The fourth-order valence-corrected chi connectivity index (χ4v) is 5.25. The summed E-state index contributed by atoms with van der Waals surface area (Å²) in [5.74, 6) is 0.900. The number of nitrogens with zero attached hydrogens (tertiary/aromatic N) is 1. The normalized spacial score (nSPS) is 10.9. The number of nitrogens with one attached hydrogen (secondary N) is 1. The lowest BCUT2D eigenvalue weighted by molar-refractivity contribution is -0.114. The molecule has 0 aliphatic rings. The first-order valence-electron chi connectivity index (χ1n) is 11.4. The Morgan fingerprint density at radius 2 is 1.47 bits per heavy atom. The van der Waals surface area contributed by atoms with E-state index in [0.29, 0.717) is 22.3 Å². The van der Waals surface area contributed by atoms with Crippen molar-refractivity contribution in [3.63, 3.8) is 0 Å². The first-order valence-corrected chi connectivity index (χ1v) is 13.3. The van der Waals surface area contributed by atoms with Gasteiger partial charge in [0.1, 0.15) is 23.8 Å². The SMILES string of the molecule is COc1ccc(OC)c(N(CC(=O)Nc2cc(Cl)ccc2Oc2ccccc2)S(=O)(=O)c2ccccc2)c1. The molecule has 1 amide bonds. The third kappa shape index (κ3) is 6.19. The van der Waals surface area contributed by atoms with Crippen LogP contribution in [0.1, 0.15) is 0 Å². The summed E-state index contributed by atoms with van der Waals surface area (Å²) >= 11 is 6.19. The molecule has 0 radical (unpaired) electrons. The van der Waals surface area contributed by atoms with Gasteiger partial charge in [0.15, 0.2) is 5.75 Å². The van der Waals surface area contributed by atoms with Gasteiger partial charge in [0.2, 0.25) is 5.91 Å². The van der Waals surface area contributed by atoms with Gasteiger partial charge in [0.25, 0.3) is 10.0 Å². The first-order chi connectivity index (χ1) is 18.3. The first kappa shape index (κ1) is 26.8. The number of anilines is 2. The molecule has 0 saturated carbocycles. The van der Waals surface area contributed by atoms with Crippen molar-refractivity contribution >= 4 is 38.9 Å². The Bertz CT molecular complexity index is 1520. The van der Waals surface area contributed by atoms with Gasteiger partial charge < -0.3 is 19.5 Å². The summed E-state index contributed by atoms with van der Waals surface area (Å²) in [7, 11) is -1.31. The van der Waals surface area contributed by atoms with Crippen LogP contribution in [-0.4, -0.2) is 35.1 Å². The molecular weight excluding hydrogens is 528 g/mol. The molecule has 38 heavy (non-hydrogen) atoms. The lowest BCUT2D eigenvalue weighted by atomic mass is 10.2. The lowest BCUT2D eigenvalue weighted by Crippen LogP contribution is -2.38. The van der Waals surface area contributed by atoms with Gasteiger partial charge in [-0.15, -0.1) is 0 Å². The van der Waals surface area contributed by atoms with Crippen LogP contribution in [0.5, 0.6) is 23.0 Å². The molecule has 1 N–H and O–H groups in total. The van der Waals surface area contributed by atoms with Gasteiger partial charge in [0.05, 0.1) is 30.5 Å². The van der Waals surface area contributed by atoms with E-state index in [9.17, 15) is 13.2 Å². The largest absolute Gasteiger partial charge is 0.497 e. The maximum absolute atomic E-state index is 13.8. The van der Waals surface area contributed by atoms with Crippen LogP contribution in [0, 0.1) is 0 Å². The second kappa shape index (κ2) is 11.9. The number of hydrogen-bond donors (Lipinski definition) is 1. The second-order valence-corrected chi connectivity index (χ2v) is 10.3. The van der Waals surface area contributed by atoms with Crippen molar-refractivity contribution < 1.29 is 27.4 Å². The minimum Gasteiger partial charge on any atom is -0.497 e. The van der Waals surface area contributed by atoms with E-state index in [2.05, 4.69) is 5.32 Å².